The van der Waals surface area contributed by atoms with E-state index < -0.39 is 5.60 Å². The van der Waals surface area contributed by atoms with E-state index in [1.54, 1.807) is 22.7 Å². The minimum absolute atomic E-state index is 0.110. The highest BCUT2D eigenvalue weighted by Crippen LogP contribution is 2.25. The first-order valence-electron chi connectivity index (χ1n) is 11.6. The fourth-order valence-electron chi connectivity index (χ4n) is 3.32. The van der Waals surface area contributed by atoms with Crippen molar-refractivity contribution >= 4 is 40.4 Å². The van der Waals surface area contributed by atoms with Crippen molar-refractivity contribution in [2.45, 2.75) is 64.3 Å². The van der Waals surface area contributed by atoms with Crippen LogP contribution in [0.25, 0.3) is 11.0 Å². The zero-order chi connectivity index (χ0) is 25.8. The molecule has 3 rings (SSSR count). The summed E-state index contributed by atoms with van der Waals surface area (Å²) in [5.74, 6) is 0.649. The number of aromatic nitrogens is 2. The predicted molar refractivity (Wildman–Crippen MR) is 141 cm³/mol. The second-order valence-corrected chi connectivity index (χ2v) is 9.94. The molecule has 0 atom stereocenters. The third-order valence-electron chi connectivity index (χ3n) is 4.86. The smallest absolute Gasteiger partial charge is 0.326 e. The molecule has 0 spiro atoms. The van der Waals surface area contributed by atoms with E-state index in [1.807, 2.05) is 87.0 Å². The Morgan fingerprint density at radius 1 is 1.09 bits per heavy atom. The largest absolute Gasteiger partial charge is 0.459 e. The third-order valence-corrected chi connectivity index (χ3v) is 5.92. The van der Waals surface area contributed by atoms with E-state index in [2.05, 4.69) is 0 Å². The van der Waals surface area contributed by atoms with Crippen LogP contribution in [0.3, 0.4) is 0 Å². The normalized spacial score (nSPS) is 10.7. The number of nitriles is 1. The number of imidazole rings is 1. The van der Waals surface area contributed by atoms with Crippen LogP contribution >= 0.6 is 11.8 Å². The van der Waals surface area contributed by atoms with Gasteiger partial charge in [-0.2, -0.15) is 5.26 Å². The highest BCUT2D eigenvalue weighted by atomic mass is 32.2. The van der Waals surface area contributed by atoms with E-state index in [9.17, 15) is 9.59 Å². The van der Waals surface area contributed by atoms with Gasteiger partial charge in [0.25, 0.3) is 0 Å². The lowest BCUT2D eigenvalue weighted by atomic mass is 10.2. The number of anilines is 1. The first-order chi connectivity index (χ1) is 16.7. The fraction of sp³-hybridized carbons (Fsp3) is 0.407. The summed E-state index contributed by atoms with van der Waals surface area (Å²) >= 11 is 1.61. The van der Waals surface area contributed by atoms with Gasteiger partial charge < -0.3 is 14.2 Å². The number of unbranched alkanes of at least 4 members (excludes halogenated alkanes) is 1. The molecule has 8 heteroatoms. The van der Waals surface area contributed by atoms with Gasteiger partial charge in [-0.15, -0.1) is 0 Å². The van der Waals surface area contributed by atoms with Crippen LogP contribution in [-0.4, -0.2) is 39.8 Å². The van der Waals surface area contributed by atoms with Crippen molar-refractivity contribution in [2.75, 3.05) is 17.7 Å². The summed E-state index contributed by atoms with van der Waals surface area (Å²) < 4.78 is 7.42. The molecule has 0 N–H and O–H groups in total. The van der Waals surface area contributed by atoms with Crippen LogP contribution in [0.1, 0.15) is 47.0 Å². The molecule has 1 amide bonds. The van der Waals surface area contributed by atoms with Crippen molar-refractivity contribution < 1.29 is 14.3 Å². The SMILES string of the molecule is CC#N.CN(C(=O)CCCCSc1nc2ccccc2n1CC(=O)OC(C)(C)C)c1ccccc1. The molecule has 0 aliphatic carbocycles. The molecule has 3 aromatic rings. The predicted octanol–water partition coefficient (Wildman–Crippen LogP) is 5.83. The molecule has 7 nitrogen and oxygen atoms in total. The number of carbonyl (C=O) groups is 2. The second-order valence-electron chi connectivity index (χ2n) is 8.87. The van der Waals surface area contributed by atoms with Crippen LogP contribution in [-0.2, 0) is 20.9 Å². The Balaban J connectivity index is 0.00000137. The summed E-state index contributed by atoms with van der Waals surface area (Å²) in [5, 5.41) is 8.12. The number of fused-ring (bicyclic) bond motifs is 1. The number of ether oxygens (including phenoxy) is 1. The summed E-state index contributed by atoms with van der Waals surface area (Å²) in [5.41, 5.74) is 2.15. The van der Waals surface area contributed by atoms with E-state index in [4.69, 9.17) is 15.0 Å². The quantitative estimate of drug-likeness (QED) is 0.211. The molecule has 0 bridgehead atoms. The van der Waals surface area contributed by atoms with E-state index in [0.29, 0.717) is 6.42 Å². The van der Waals surface area contributed by atoms with E-state index >= 15 is 0 Å². The van der Waals surface area contributed by atoms with Gasteiger partial charge in [-0.25, -0.2) is 4.98 Å². The average Bonchev–Trinajstić information content (AvgIpc) is 3.15. The summed E-state index contributed by atoms with van der Waals surface area (Å²) in [6.45, 7) is 7.15. The van der Waals surface area contributed by atoms with Crippen molar-refractivity contribution in [1.82, 2.24) is 9.55 Å². The number of amides is 1. The lowest BCUT2D eigenvalue weighted by Gasteiger charge is -2.20. The van der Waals surface area contributed by atoms with Crippen LogP contribution in [0.15, 0.2) is 59.8 Å². The number of thioether (sulfide) groups is 1. The molecule has 0 aliphatic rings. The van der Waals surface area contributed by atoms with Crippen molar-refractivity contribution in [1.29, 1.82) is 5.26 Å². The van der Waals surface area contributed by atoms with E-state index in [-0.39, 0.29) is 18.4 Å². The Bertz CT molecular complexity index is 1150. The zero-order valence-electron chi connectivity index (χ0n) is 21.2. The number of nitrogens with zero attached hydrogens (tertiary/aromatic N) is 4. The maximum Gasteiger partial charge on any atom is 0.326 e. The molecule has 1 aromatic heterocycles. The lowest BCUT2D eigenvalue weighted by molar-refractivity contribution is -0.155. The molecule has 186 valence electrons. The molecular formula is C27H34N4O3S. The van der Waals surface area contributed by atoms with Gasteiger partial charge in [-0.3, -0.25) is 9.59 Å². The standard InChI is InChI=1S/C25H31N3O3S.C2H3N/c1-25(2,3)31-23(30)18-28-21-15-9-8-14-20(21)26-24(28)32-17-11-10-16-22(29)27(4)19-12-6-5-7-13-19;1-2-3/h5-9,12-15H,10-11,16-18H2,1-4H3;1H3. The van der Waals surface area contributed by atoms with Gasteiger partial charge in [-0.1, -0.05) is 42.1 Å². The van der Waals surface area contributed by atoms with Gasteiger partial charge in [-0.05, 0) is 57.9 Å². The Morgan fingerprint density at radius 2 is 1.71 bits per heavy atom. The van der Waals surface area contributed by atoms with Gasteiger partial charge in [0, 0.05) is 31.8 Å². The Labute approximate surface area is 212 Å². The summed E-state index contributed by atoms with van der Waals surface area (Å²) in [7, 11) is 1.81. The maximum atomic E-state index is 12.4. The highest BCUT2D eigenvalue weighted by Gasteiger charge is 2.20. The van der Waals surface area contributed by atoms with Gasteiger partial charge in [0.1, 0.15) is 12.1 Å². The first-order valence-corrected chi connectivity index (χ1v) is 12.6. The average molecular weight is 495 g/mol. The van der Waals surface area contributed by atoms with Crippen molar-refractivity contribution in [3.8, 4) is 6.07 Å². The highest BCUT2D eigenvalue weighted by molar-refractivity contribution is 7.99. The third kappa shape index (κ3) is 9.10. The number of benzene rings is 2. The van der Waals surface area contributed by atoms with Crippen LogP contribution in [0.2, 0.25) is 0 Å². The summed E-state index contributed by atoms with van der Waals surface area (Å²) in [6, 6.07) is 19.2. The number of para-hydroxylation sites is 3. The fourth-order valence-corrected chi connectivity index (χ4v) is 4.34. The van der Waals surface area contributed by atoms with Crippen LogP contribution in [0.5, 0.6) is 0 Å². The molecule has 0 saturated heterocycles. The second kappa shape index (κ2) is 13.5. The minimum Gasteiger partial charge on any atom is -0.459 e. The summed E-state index contributed by atoms with van der Waals surface area (Å²) in [4.78, 5) is 31.3. The van der Waals surface area contributed by atoms with Crippen LogP contribution < -0.4 is 4.90 Å². The topological polar surface area (TPSA) is 88.2 Å². The van der Waals surface area contributed by atoms with Crippen LogP contribution in [0.4, 0.5) is 5.69 Å². The zero-order valence-corrected chi connectivity index (χ0v) is 22.0. The van der Waals surface area contributed by atoms with Gasteiger partial charge in [0.05, 0.1) is 17.1 Å². The van der Waals surface area contributed by atoms with Gasteiger partial charge in [0.2, 0.25) is 5.91 Å². The Kier molecular flexibility index (Phi) is 10.8. The van der Waals surface area contributed by atoms with Crippen molar-refractivity contribution in [2.24, 2.45) is 0 Å². The molecule has 35 heavy (non-hydrogen) atoms. The Hall–Kier alpha value is -3.31. The van der Waals surface area contributed by atoms with Crippen LogP contribution in [0, 0.1) is 11.3 Å². The minimum atomic E-state index is -0.528. The van der Waals surface area contributed by atoms with Crippen molar-refractivity contribution in [3.63, 3.8) is 0 Å². The number of hydrogen-bond donors (Lipinski definition) is 0. The number of carbonyl (C=O) groups excluding carboxylic acids is 2. The van der Waals surface area contributed by atoms with Gasteiger partial charge >= 0.3 is 5.97 Å². The molecular weight excluding hydrogens is 460 g/mol. The van der Waals surface area contributed by atoms with Gasteiger partial charge in [0.15, 0.2) is 5.16 Å². The van der Waals surface area contributed by atoms with Crippen molar-refractivity contribution in [3.05, 3.63) is 54.6 Å². The number of hydrogen-bond acceptors (Lipinski definition) is 6. The molecule has 0 aliphatic heterocycles. The molecule has 0 fully saturated rings. The lowest BCUT2D eigenvalue weighted by Crippen LogP contribution is -2.26. The molecule has 1 heterocycles. The summed E-state index contributed by atoms with van der Waals surface area (Å²) in [6.07, 6.45) is 2.18. The monoisotopic (exact) mass is 494 g/mol. The molecule has 0 unspecified atom stereocenters. The maximum absolute atomic E-state index is 12.4. The molecule has 2 aromatic carbocycles. The Morgan fingerprint density at radius 3 is 2.37 bits per heavy atom. The molecule has 0 radical (unpaired) electrons. The van der Waals surface area contributed by atoms with E-state index in [1.165, 1.54) is 6.92 Å². The number of rotatable bonds is 9. The first kappa shape index (κ1) is 27.9. The molecule has 0 saturated carbocycles. The number of esters is 1. The van der Waals surface area contributed by atoms with E-state index in [0.717, 1.165) is 40.5 Å².